The first kappa shape index (κ1) is 15.4. The lowest BCUT2D eigenvalue weighted by Crippen LogP contribution is -2.42. The molecule has 1 rings (SSSR count). The Hall–Kier alpha value is -1.62. The molecule has 1 unspecified atom stereocenters. The van der Waals surface area contributed by atoms with E-state index in [1.165, 1.54) is 0 Å². The molecule has 1 atom stereocenters. The monoisotopic (exact) mass is 287 g/mol. The van der Waals surface area contributed by atoms with Crippen LogP contribution in [0.3, 0.4) is 0 Å². The number of aryl methyl sites for hydroxylation is 1. The summed E-state index contributed by atoms with van der Waals surface area (Å²) in [5, 5.41) is 11.4. The summed E-state index contributed by atoms with van der Waals surface area (Å²) in [5.41, 5.74) is 1.04. The van der Waals surface area contributed by atoms with E-state index in [9.17, 15) is 14.0 Å². The van der Waals surface area contributed by atoms with Crippen LogP contribution in [0.15, 0.2) is 24.3 Å². The normalized spacial score (nSPS) is 11.9. The average Bonchev–Trinajstić information content (AvgIpc) is 2.38. The molecule has 19 heavy (non-hydrogen) atoms. The predicted octanol–water partition coefficient (Wildman–Crippen LogP) is 2.20. The molecule has 1 aromatic rings. The van der Waals surface area contributed by atoms with Gasteiger partial charge in [-0.1, -0.05) is 23.7 Å². The minimum Gasteiger partial charge on any atom is -0.480 e. The average molecular weight is 288 g/mol. The van der Waals surface area contributed by atoms with Gasteiger partial charge in [-0.15, -0.1) is 0 Å². The SMILES string of the molecule is O=C(CCCc1ccc(Cl)cc1)NC(CF)C(=O)O. The second-order valence-electron chi connectivity index (χ2n) is 4.09. The van der Waals surface area contributed by atoms with Crippen LogP contribution in [0.2, 0.25) is 5.02 Å². The van der Waals surface area contributed by atoms with Crippen molar-refractivity contribution in [2.75, 3.05) is 6.67 Å². The number of alkyl halides is 1. The summed E-state index contributed by atoms with van der Waals surface area (Å²) in [6.45, 7) is -1.11. The zero-order chi connectivity index (χ0) is 14.3. The standard InChI is InChI=1S/C13H15ClFNO3/c14-10-6-4-9(5-7-10)2-1-3-12(17)16-11(8-15)13(18)19/h4-7,11H,1-3,8H2,(H,16,17)(H,18,19). The number of benzene rings is 1. The fourth-order valence-electron chi connectivity index (χ4n) is 1.54. The third-order valence-corrected chi connectivity index (χ3v) is 2.82. The predicted molar refractivity (Wildman–Crippen MR) is 69.9 cm³/mol. The minimum atomic E-state index is -1.46. The highest BCUT2D eigenvalue weighted by Crippen LogP contribution is 2.11. The highest BCUT2D eigenvalue weighted by atomic mass is 35.5. The van der Waals surface area contributed by atoms with Crippen molar-refractivity contribution in [3.63, 3.8) is 0 Å². The molecule has 0 heterocycles. The van der Waals surface area contributed by atoms with E-state index in [1.807, 2.05) is 12.1 Å². The number of amides is 1. The van der Waals surface area contributed by atoms with Gasteiger partial charge in [-0.3, -0.25) is 4.79 Å². The van der Waals surface area contributed by atoms with Gasteiger partial charge in [0, 0.05) is 11.4 Å². The zero-order valence-electron chi connectivity index (χ0n) is 10.2. The molecule has 0 radical (unpaired) electrons. The fraction of sp³-hybridized carbons (Fsp3) is 0.385. The van der Waals surface area contributed by atoms with Gasteiger partial charge in [-0.25, -0.2) is 9.18 Å². The van der Waals surface area contributed by atoms with Gasteiger partial charge >= 0.3 is 5.97 Å². The second-order valence-corrected chi connectivity index (χ2v) is 4.53. The van der Waals surface area contributed by atoms with Crippen molar-refractivity contribution in [2.45, 2.75) is 25.3 Å². The zero-order valence-corrected chi connectivity index (χ0v) is 11.0. The molecule has 104 valence electrons. The van der Waals surface area contributed by atoms with Crippen LogP contribution in [-0.2, 0) is 16.0 Å². The summed E-state index contributed by atoms with van der Waals surface area (Å²) < 4.78 is 12.3. The number of halogens is 2. The molecule has 0 saturated heterocycles. The van der Waals surface area contributed by atoms with Crippen molar-refractivity contribution in [1.82, 2.24) is 5.32 Å². The fourth-order valence-corrected chi connectivity index (χ4v) is 1.66. The van der Waals surface area contributed by atoms with E-state index in [0.717, 1.165) is 5.56 Å². The van der Waals surface area contributed by atoms with E-state index in [2.05, 4.69) is 5.32 Å². The maximum absolute atomic E-state index is 12.3. The number of rotatable bonds is 7. The van der Waals surface area contributed by atoms with Crippen LogP contribution < -0.4 is 5.32 Å². The molecule has 0 aliphatic rings. The van der Waals surface area contributed by atoms with Crippen molar-refractivity contribution in [3.05, 3.63) is 34.9 Å². The first-order valence-electron chi connectivity index (χ1n) is 5.85. The van der Waals surface area contributed by atoms with Crippen LogP contribution in [0.25, 0.3) is 0 Å². The Morgan fingerprint density at radius 2 is 1.95 bits per heavy atom. The van der Waals surface area contributed by atoms with E-state index >= 15 is 0 Å². The van der Waals surface area contributed by atoms with Gasteiger partial charge in [0.1, 0.15) is 6.67 Å². The van der Waals surface area contributed by atoms with Crippen molar-refractivity contribution >= 4 is 23.5 Å². The molecule has 1 amide bonds. The molecule has 1 aromatic carbocycles. The Morgan fingerprint density at radius 3 is 2.47 bits per heavy atom. The Morgan fingerprint density at radius 1 is 1.32 bits per heavy atom. The molecule has 0 aliphatic carbocycles. The van der Waals surface area contributed by atoms with E-state index in [1.54, 1.807) is 12.1 Å². The quantitative estimate of drug-likeness (QED) is 0.808. The number of hydrogen-bond donors (Lipinski definition) is 2. The molecule has 0 bridgehead atoms. The van der Waals surface area contributed by atoms with Gasteiger partial charge < -0.3 is 10.4 Å². The summed E-state index contributed by atoms with van der Waals surface area (Å²) in [5.74, 6) is -1.83. The molecule has 0 spiro atoms. The van der Waals surface area contributed by atoms with Gasteiger partial charge in [0.25, 0.3) is 0 Å². The summed E-state index contributed by atoms with van der Waals surface area (Å²) in [6.07, 6.45) is 1.40. The maximum Gasteiger partial charge on any atom is 0.328 e. The summed E-state index contributed by atoms with van der Waals surface area (Å²) in [7, 11) is 0. The largest absolute Gasteiger partial charge is 0.480 e. The molecule has 0 aliphatic heterocycles. The van der Waals surface area contributed by atoms with Gasteiger partial charge in [-0.2, -0.15) is 0 Å². The van der Waals surface area contributed by atoms with Crippen LogP contribution in [0.4, 0.5) is 4.39 Å². The number of carboxylic acid groups (broad SMARTS) is 1. The molecule has 6 heteroatoms. The molecular weight excluding hydrogens is 273 g/mol. The second kappa shape index (κ2) is 7.74. The highest BCUT2D eigenvalue weighted by molar-refractivity contribution is 6.30. The summed E-state index contributed by atoms with van der Waals surface area (Å²) in [4.78, 5) is 21.9. The van der Waals surface area contributed by atoms with Crippen LogP contribution in [-0.4, -0.2) is 29.7 Å². The number of carbonyl (C=O) groups excluding carboxylic acids is 1. The van der Waals surface area contributed by atoms with Crippen LogP contribution >= 0.6 is 11.6 Å². The number of nitrogens with one attached hydrogen (secondary N) is 1. The first-order valence-corrected chi connectivity index (χ1v) is 6.23. The Balaban J connectivity index is 2.30. The number of carbonyl (C=O) groups is 2. The van der Waals surface area contributed by atoms with Crippen molar-refractivity contribution < 1.29 is 19.1 Å². The van der Waals surface area contributed by atoms with Crippen molar-refractivity contribution in [3.8, 4) is 0 Å². The number of carboxylic acids is 1. The Labute approximate surface area is 115 Å². The Kier molecular flexibility index (Phi) is 6.29. The summed E-state index contributed by atoms with van der Waals surface area (Å²) >= 11 is 5.74. The van der Waals surface area contributed by atoms with Gasteiger partial charge in [0.2, 0.25) is 5.91 Å². The lowest BCUT2D eigenvalue weighted by molar-refractivity contribution is -0.142. The maximum atomic E-state index is 12.3. The van der Waals surface area contributed by atoms with Crippen molar-refractivity contribution in [2.24, 2.45) is 0 Å². The molecule has 0 saturated carbocycles. The van der Waals surface area contributed by atoms with Gasteiger partial charge in [-0.05, 0) is 30.5 Å². The van der Waals surface area contributed by atoms with Crippen LogP contribution in [0.5, 0.6) is 0 Å². The molecule has 2 N–H and O–H groups in total. The molecular formula is C13H15ClFNO3. The summed E-state index contributed by atoms with van der Waals surface area (Å²) in [6, 6.07) is 5.80. The third kappa shape index (κ3) is 5.70. The lowest BCUT2D eigenvalue weighted by Gasteiger charge is -2.10. The number of hydrogen-bond acceptors (Lipinski definition) is 2. The first-order chi connectivity index (χ1) is 9.02. The number of aliphatic carboxylic acids is 1. The molecule has 4 nitrogen and oxygen atoms in total. The van der Waals surface area contributed by atoms with E-state index in [4.69, 9.17) is 16.7 Å². The van der Waals surface area contributed by atoms with Crippen LogP contribution in [0, 0.1) is 0 Å². The van der Waals surface area contributed by atoms with Crippen molar-refractivity contribution in [1.29, 1.82) is 0 Å². The van der Waals surface area contributed by atoms with E-state index < -0.39 is 24.6 Å². The minimum absolute atomic E-state index is 0.159. The topological polar surface area (TPSA) is 66.4 Å². The van der Waals surface area contributed by atoms with Gasteiger partial charge in [0.15, 0.2) is 6.04 Å². The molecule has 0 aromatic heterocycles. The smallest absolute Gasteiger partial charge is 0.328 e. The van der Waals surface area contributed by atoms with Crippen LogP contribution in [0.1, 0.15) is 18.4 Å². The van der Waals surface area contributed by atoms with Gasteiger partial charge in [0.05, 0.1) is 0 Å². The highest BCUT2D eigenvalue weighted by Gasteiger charge is 2.18. The molecule has 0 fully saturated rings. The Bertz CT molecular complexity index is 436. The van der Waals surface area contributed by atoms with E-state index in [-0.39, 0.29) is 6.42 Å². The van der Waals surface area contributed by atoms with E-state index in [0.29, 0.717) is 17.9 Å². The third-order valence-electron chi connectivity index (χ3n) is 2.57. The lowest BCUT2D eigenvalue weighted by atomic mass is 10.1.